The molecule has 2 aliphatic heterocycles. The normalized spacial score (nSPS) is 15.4. The van der Waals surface area contributed by atoms with Crippen LogP contribution in [0, 0.1) is 0 Å². The van der Waals surface area contributed by atoms with Crippen molar-refractivity contribution < 1.29 is 18.9 Å². The number of rotatable bonds is 7. The van der Waals surface area contributed by atoms with Gasteiger partial charge in [0, 0.05) is 23.8 Å². The van der Waals surface area contributed by atoms with Gasteiger partial charge in [-0.1, -0.05) is 42.5 Å². The van der Waals surface area contributed by atoms with Crippen LogP contribution < -0.4 is 14.2 Å². The van der Waals surface area contributed by atoms with Crippen molar-refractivity contribution in [3.05, 3.63) is 94.6 Å². The lowest BCUT2D eigenvalue weighted by Crippen LogP contribution is -2.27. The molecule has 0 aromatic heterocycles. The molecular formula is C30H30O4. The second-order valence-electron chi connectivity index (χ2n) is 9.24. The Kier molecular flexibility index (Phi) is 6.16. The molecule has 4 heteroatoms. The van der Waals surface area contributed by atoms with Gasteiger partial charge in [-0.05, 0) is 67.8 Å². The molecule has 0 saturated heterocycles. The molecule has 0 spiro atoms. The average Bonchev–Trinajstić information content (AvgIpc) is 2.85. The van der Waals surface area contributed by atoms with Crippen molar-refractivity contribution in [2.75, 3.05) is 20.3 Å². The van der Waals surface area contributed by atoms with Gasteiger partial charge in [0.15, 0.2) is 0 Å². The number of fused-ring (bicyclic) bond motifs is 3. The average molecular weight is 455 g/mol. The molecule has 0 bridgehead atoms. The third kappa shape index (κ3) is 4.73. The molecule has 0 fully saturated rings. The zero-order valence-electron chi connectivity index (χ0n) is 20.0. The zero-order valence-corrected chi connectivity index (χ0v) is 20.0. The van der Waals surface area contributed by atoms with Gasteiger partial charge in [-0.15, -0.1) is 0 Å². The van der Waals surface area contributed by atoms with E-state index in [0.29, 0.717) is 19.8 Å². The third-order valence-electron chi connectivity index (χ3n) is 6.14. The smallest absolute Gasteiger partial charge is 0.137 e. The van der Waals surface area contributed by atoms with Crippen LogP contribution in [0.15, 0.2) is 66.7 Å². The molecule has 0 radical (unpaired) electrons. The van der Waals surface area contributed by atoms with Crippen LogP contribution in [0.25, 0.3) is 17.7 Å². The summed E-state index contributed by atoms with van der Waals surface area (Å²) in [6.45, 7) is 5.77. The molecule has 174 valence electrons. The Morgan fingerprint density at radius 1 is 0.971 bits per heavy atom. The summed E-state index contributed by atoms with van der Waals surface area (Å²) in [5.74, 6) is 2.59. The van der Waals surface area contributed by atoms with Crippen LogP contribution >= 0.6 is 0 Å². The van der Waals surface area contributed by atoms with E-state index in [0.717, 1.165) is 51.5 Å². The molecule has 0 aliphatic carbocycles. The van der Waals surface area contributed by atoms with E-state index in [4.69, 9.17) is 18.9 Å². The number of hydrogen-bond acceptors (Lipinski definition) is 4. The Balaban J connectivity index is 1.47. The minimum Gasteiger partial charge on any atom is -0.488 e. The largest absolute Gasteiger partial charge is 0.488 e. The minimum atomic E-state index is -0.313. The first-order chi connectivity index (χ1) is 16.5. The Morgan fingerprint density at radius 2 is 1.82 bits per heavy atom. The van der Waals surface area contributed by atoms with Crippen LogP contribution in [0.2, 0.25) is 0 Å². The fraction of sp³-hybridized carbons (Fsp3) is 0.267. The SMILES string of the molecule is COCCc1ccc(C2=Cc3ccc4c(c3OC2)C=CC(C)(C)O4)c(OCc2ccccc2)c1. The van der Waals surface area contributed by atoms with E-state index in [1.807, 2.05) is 24.3 Å². The molecule has 34 heavy (non-hydrogen) atoms. The standard InChI is InChI=1S/C30H30O4/c1-30(2)15-13-26-27(34-30)12-10-23-18-24(20-33-29(23)26)25-11-9-21(14-16-31-3)17-28(25)32-19-22-7-5-4-6-8-22/h4-13,15,17-18H,14,16,19-20H2,1-3H3. The molecule has 5 rings (SSSR count). The Morgan fingerprint density at radius 3 is 2.65 bits per heavy atom. The van der Waals surface area contributed by atoms with Gasteiger partial charge in [0.05, 0.1) is 12.2 Å². The topological polar surface area (TPSA) is 36.9 Å². The van der Waals surface area contributed by atoms with E-state index < -0.39 is 0 Å². The van der Waals surface area contributed by atoms with Crippen LogP contribution in [-0.2, 0) is 17.8 Å². The second kappa shape index (κ2) is 9.40. The molecule has 0 atom stereocenters. The van der Waals surface area contributed by atoms with Crippen molar-refractivity contribution in [1.29, 1.82) is 0 Å². The predicted octanol–water partition coefficient (Wildman–Crippen LogP) is 6.57. The number of benzene rings is 3. The van der Waals surface area contributed by atoms with E-state index in [1.54, 1.807) is 7.11 Å². The van der Waals surface area contributed by atoms with Crippen molar-refractivity contribution in [3.63, 3.8) is 0 Å². The highest BCUT2D eigenvalue weighted by Gasteiger charge is 2.27. The van der Waals surface area contributed by atoms with Crippen LogP contribution in [-0.4, -0.2) is 25.9 Å². The fourth-order valence-corrected chi connectivity index (χ4v) is 4.32. The van der Waals surface area contributed by atoms with E-state index in [2.05, 4.69) is 68.5 Å². The molecular weight excluding hydrogens is 424 g/mol. The molecule has 2 heterocycles. The summed E-state index contributed by atoms with van der Waals surface area (Å²) in [5, 5.41) is 0. The molecule has 0 saturated carbocycles. The lowest BCUT2D eigenvalue weighted by molar-refractivity contribution is 0.158. The van der Waals surface area contributed by atoms with E-state index in [1.165, 1.54) is 5.56 Å². The van der Waals surface area contributed by atoms with Crippen LogP contribution in [0.3, 0.4) is 0 Å². The summed E-state index contributed by atoms with van der Waals surface area (Å²) in [4.78, 5) is 0. The van der Waals surface area contributed by atoms with Gasteiger partial charge in [-0.3, -0.25) is 0 Å². The third-order valence-corrected chi connectivity index (χ3v) is 6.14. The summed E-state index contributed by atoms with van der Waals surface area (Å²) < 4.78 is 24.0. The second-order valence-corrected chi connectivity index (χ2v) is 9.24. The molecule has 4 nitrogen and oxygen atoms in total. The maximum Gasteiger partial charge on any atom is 0.137 e. The summed E-state index contributed by atoms with van der Waals surface area (Å²) in [7, 11) is 1.72. The molecule has 3 aromatic rings. The number of methoxy groups -OCH3 is 1. The van der Waals surface area contributed by atoms with Gasteiger partial charge < -0.3 is 18.9 Å². The van der Waals surface area contributed by atoms with Gasteiger partial charge in [-0.2, -0.15) is 0 Å². The number of hydrogen-bond donors (Lipinski definition) is 0. The first-order valence-electron chi connectivity index (χ1n) is 11.7. The van der Waals surface area contributed by atoms with Gasteiger partial charge >= 0.3 is 0 Å². The monoisotopic (exact) mass is 454 g/mol. The van der Waals surface area contributed by atoms with Crippen molar-refractivity contribution in [1.82, 2.24) is 0 Å². The summed E-state index contributed by atoms with van der Waals surface area (Å²) in [6, 6.07) is 20.7. The summed E-state index contributed by atoms with van der Waals surface area (Å²) in [5.41, 5.74) is 6.20. The fourth-order valence-electron chi connectivity index (χ4n) is 4.32. The van der Waals surface area contributed by atoms with Gasteiger partial charge in [0.2, 0.25) is 0 Å². The first kappa shape index (κ1) is 22.3. The van der Waals surface area contributed by atoms with Crippen molar-refractivity contribution in [3.8, 4) is 17.2 Å². The van der Waals surface area contributed by atoms with Crippen molar-refractivity contribution in [2.24, 2.45) is 0 Å². The van der Waals surface area contributed by atoms with Gasteiger partial charge in [0.25, 0.3) is 0 Å². The first-order valence-corrected chi connectivity index (χ1v) is 11.7. The Hall–Kier alpha value is -3.50. The van der Waals surface area contributed by atoms with E-state index >= 15 is 0 Å². The maximum atomic E-state index is 6.33. The van der Waals surface area contributed by atoms with Crippen molar-refractivity contribution in [2.45, 2.75) is 32.5 Å². The summed E-state index contributed by atoms with van der Waals surface area (Å²) >= 11 is 0. The highest BCUT2D eigenvalue weighted by atomic mass is 16.5. The predicted molar refractivity (Wildman–Crippen MR) is 136 cm³/mol. The van der Waals surface area contributed by atoms with E-state index in [9.17, 15) is 0 Å². The molecule has 0 unspecified atom stereocenters. The molecule has 3 aromatic carbocycles. The van der Waals surface area contributed by atoms with Crippen molar-refractivity contribution >= 4 is 17.7 Å². The number of ether oxygens (including phenoxy) is 4. The van der Waals surface area contributed by atoms with Crippen LogP contribution in [0.4, 0.5) is 0 Å². The van der Waals surface area contributed by atoms with E-state index in [-0.39, 0.29) is 5.60 Å². The minimum absolute atomic E-state index is 0.313. The maximum absolute atomic E-state index is 6.33. The Bertz CT molecular complexity index is 1240. The summed E-state index contributed by atoms with van der Waals surface area (Å²) in [6.07, 6.45) is 7.22. The highest BCUT2D eigenvalue weighted by molar-refractivity contribution is 5.89. The van der Waals surface area contributed by atoms with Gasteiger partial charge in [-0.25, -0.2) is 0 Å². The zero-order chi connectivity index (χ0) is 23.5. The molecule has 0 amide bonds. The highest BCUT2D eigenvalue weighted by Crippen LogP contribution is 2.43. The van der Waals surface area contributed by atoms with Crippen LogP contribution in [0.5, 0.6) is 17.2 Å². The van der Waals surface area contributed by atoms with Crippen LogP contribution in [0.1, 0.15) is 41.7 Å². The Labute approximate surface area is 201 Å². The van der Waals surface area contributed by atoms with Gasteiger partial charge in [0.1, 0.15) is 36.1 Å². The lowest BCUT2D eigenvalue weighted by Gasteiger charge is -2.30. The molecule has 0 N–H and O–H groups in total. The lowest BCUT2D eigenvalue weighted by atomic mass is 9.95. The quantitative estimate of drug-likeness (QED) is 0.404. The molecule has 2 aliphatic rings.